The molecule has 2 aromatic rings. The number of hydrogen-bond donors (Lipinski definition) is 2. The largest absolute Gasteiger partial charge is 0.360 e. The highest BCUT2D eigenvalue weighted by Crippen LogP contribution is 2.26. The van der Waals surface area contributed by atoms with Crippen LogP contribution in [-0.4, -0.2) is 65.8 Å². The van der Waals surface area contributed by atoms with Crippen LogP contribution in [0.25, 0.3) is 10.9 Å². The van der Waals surface area contributed by atoms with Crippen LogP contribution in [0.5, 0.6) is 0 Å². The third-order valence-corrected chi connectivity index (χ3v) is 7.34. The molecule has 2 saturated heterocycles. The van der Waals surface area contributed by atoms with Crippen LogP contribution >= 0.6 is 0 Å². The molecule has 0 saturated carbocycles. The molecule has 9 nitrogen and oxygen atoms in total. The van der Waals surface area contributed by atoms with E-state index in [0.29, 0.717) is 10.9 Å². The summed E-state index contributed by atoms with van der Waals surface area (Å²) in [6.07, 6.45) is 4.71. The number of carbonyl (C=O) groups excluding carboxylic acids is 1. The SMILES string of the molecule is O=C(NC1CS(=O)(=O)CC1N1CCCCC1)c1c[nH]c2ccc([N+](=O)[O-])cc12. The number of nitro benzene ring substituents is 1. The van der Waals surface area contributed by atoms with Crippen molar-refractivity contribution in [1.82, 2.24) is 15.2 Å². The lowest BCUT2D eigenvalue weighted by atomic mass is 10.0. The quantitative estimate of drug-likeness (QED) is 0.585. The Morgan fingerprint density at radius 2 is 1.96 bits per heavy atom. The van der Waals surface area contributed by atoms with Gasteiger partial charge in [-0.15, -0.1) is 0 Å². The van der Waals surface area contributed by atoms with E-state index in [2.05, 4.69) is 15.2 Å². The Morgan fingerprint density at radius 3 is 2.68 bits per heavy atom. The molecule has 28 heavy (non-hydrogen) atoms. The lowest BCUT2D eigenvalue weighted by Crippen LogP contribution is -2.52. The molecule has 2 atom stereocenters. The first-order valence-electron chi connectivity index (χ1n) is 9.35. The number of nitrogens with one attached hydrogen (secondary N) is 2. The maximum absolute atomic E-state index is 12.9. The van der Waals surface area contributed by atoms with Crippen molar-refractivity contribution < 1.29 is 18.1 Å². The van der Waals surface area contributed by atoms with Gasteiger partial charge in [-0.05, 0) is 32.0 Å². The van der Waals surface area contributed by atoms with E-state index in [1.54, 1.807) is 6.07 Å². The maximum atomic E-state index is 12.9. The smallest absolute Gasteiger partial charge is 0.270 e. The first kappa shape index (κ1) is 18.9. The highest BCUT2D eigenvalue weighted by Gasteiger charge is 2.42. The highest BCUT2D eigenvalue weighted by atomic mass is 32.2. The Kier molecular flexibility index (Phi) is 4.84. The number of H-pyrrole nitrogens is 1. The number of likely N-dealkylation sites (tertiary alicyclic amines) is 1. The van der Waals surface area contributed by atoms with Gasteiger partial charge in [-0.3, -0.25) is 19.8 Å². The summed E-state index contributed by atoms with van der Waals surface area (Å²) in [5.41, 5.74) is 0.790. The number of aromatic nitrogens is 1. The number of carbonyl (C=O) groups is 1. The molecule has 3 heterocycles. The normalized spacial score (nSPS) is 25.0. The van der Waals surface area contributed by atoms with Crippen molar-refractivity contribution in [1.29, 1.82) is 0 Å². The van der Waals surface area contributed by atoms with Gasteiger partial charge in [-0.1, -0.05) is 6.42 Å². The van der Waals surface area contributed by atoms with Gasteiger partial charge >= 0.3 is 0 Å². The summed E-state index contributed by atoms with van der Waals surface area (Å²) < 4.78 is 24.5. The fourth-order valence-corrected chi connectivity index (χ4v) is 6.19. The number of sulfone groups is 1. The van der Waals surface area contributed by atoms with Gasteiger partial charge in [0, 0.05) is 35.3 Å². The molecule has 1 aromatic carbocycles. The minimum Gasteiger partial charge on any atom is -0.360 e. The monoisotopic (exact) mass is 406 g/mol. The summed E-state index contributed by atoms with van der Waals surface area (Å²) in [6, 6.07) is 3.57. The fourth-order valence-electron chi connectivity index (χ4n) is 4.23. The Morgan fingerprint density at radius 1 is 1.21 bits per heavy atom. The van der Waals surface area contributed by atoms with E-state index in [-0.39, 0.29) is 28.8 Å². The minimum absolute atomic E-state index is 0.0529. The molecule has 150 valence electrons. The summed E-state index contributed by atoms with van der Waals surface area (Å²) in [6.45, 7) is 1.68. The number of amides is 1. The van der Waals surface area contributed by atoms with E-state index in [9.17, 15) is 23.3 Å². The fraction of sp³-hybridized carbons (Fsp3) is 0.500. The number of non-ortho nitro benzene ring substituents is 1. The van der Waals surface area contributed by atoms with Crippen LogP contribution in [-0.2, 0) is 9.84 Å². The van der Waals surface area contributed by atoms with Gasteiger partial charge in [0.15, 0.2) is 9.84 Å². The summed E-state index contributed by atoms with van der Waals surface area (Å²) >= 11 is 0. The highest BCUT2D eigenvalue weighted by molar-refractivity contribution is 7.91. The van der Waals surface area contributed by atoms with Crippen molar-refractivity contribution in [2.45, 2.75) is 31.3 Å². The van der Waals surface area contributed by atoms with Gasteiger partial charge in [0.2, 0.25) is 0 Å². The molecule has 0 aliphatic carbocycles. The van der Waals surface area contributed by atoms with Crippen LogP contribution < -0.4 is 5.32 Å². The number of aromatic amines is 1. The van der Waals surface area contributed by atoms with E-state index >= 15 is 0 Å². The second-order valence-corrected chi connectivity index (χ2v) is 9.66. The standard InChI is InChI=1S/C18H22N4O5S/c23-18(14-9-19-15-5-4-12(22(24)25)8-13(14)15)20-16-10-28(26,27)11-17(16)21-6-2-1-3-7-21/h4-5,8-9,16-17,19H,1-3,6-7,10-11H2,(H,20,23). The zero-order chi connectivity index (χ0) is 19.9. The van der Waals surface area contributed by atoms with Gasteiger partial charge in [0.05, 0.1) is 28.0 Å². The number of nitrogens with zero attached hydrogens (tertiary/aromatic N) is 2. The number of nitro groups is 1. The van der Waals surface area contributed by atoms with Gasteiger partial charge in [-0.2, -0.15) is 0 Å². The first-order chi connectivity index (χ1) is 13.3. The van der Waals surface area contributed by atoms with Crippen LogP contribution in [0.1, 0.15) is 29.6 Å². The molecule has 2 aliphatic rings. The van der Waals surface area contributed by atoms with Crippen LogP contribution in [0.15, 0.2) is 24.4 Å². The molecule has 0 spiro atoms. The molecule has 4 rings (SSSR count). The van der Waals surface area contributed by atoms with Gasteiger partial charge in [0.25, 0.3) is 11.6 Å². The molecule has 0 bridgehead atoms. The van der Waals surface area contributed by atoms with Gasteiger partial charge in [-0.25, -0.2) is 8.42 Å². The topological polar surface area (TPSA) is 125 Å². The van der Waals surface area contributed by atoms with E-state index in [1.165, 1.54) is 18.3 Å². The number of fused-ring (bicyclic) bond motifs is 1. The van der Waals surface area contributed by atoms with Crippen LogP contribution in [0, 0.1) is 10.1 Å². The second-order valence-electron chi connectivity index (χ2n) is 7.51. The Labute approximate surface area is 162 Å². The van der Waals surface area contributed by atoms with E-state index in [1.807, 2.05) is 0 Å². The number of benzene rings is 1. The predicted octanol–water partition coefficient (Wildman–Crippen LogP) is 1.46. The van der Waals surface area contributed by atoms with E-state index < -0.39 is 26.7 Å². The Hall–Kier alpha value is -2.46. The van der Waals surface area contributed by atoms with Crippen molar-refractivity contribution in [3.05, 3.63) is 40.1 Å². The van der Waals surface area contributed by atoms with Crippen molar-refractivity contribution in [2.75, 3.05) is 24.6 Å². The first-order valence-corrected chi connectivity index (χ1v) is 11.2. The molecule has 10 heteroatoms. The van der Waals surface area contributed by atoms with Crippen molar-refractivity contribution >= 4 is 32.3 Å². The summed E-state index contributed by atoms with van der Waals surface area (Å²) in [4.78, 5) is 28.5. The average molecular weight is 406 g/mol. The Bertz CT molecular complexity index is 1030. The Balaban J connectivity index is 1.59. The zero-order valence-electron chi connectivity index (χ0n) is 15.3. The lowest BCUT2D eigenvalue weighted by molar-refractivity contribution is -0.384. The molecule has 0 radical (unpaired) electrons. The van der Waals surface area contributed by atoms with Crippen molar-refractivity contribution in [2.24, 2.45) is 0 Å². The lowest BCUT2D eigenvalue weighted by Gasteiger charge is -2.35. The number of piperidine rings is 1. The summed E-state index contributed by atoms with van der Waals surface area (Å²) in [5.74, 6) is -0.449. The molecule has 2 unspecified atom stereocenters. The van der Waals surface area contributed by atoms with Crippen LogP contribution in [0.4, 0.5) is 5.69 Å². The number of hydrogen-bond acceptors (Lipinski definition) is 6. The molecule has 1 aromatic heterocycles. The third kappa shape index (κ3) is 3.61. The zero-order valence-corrected chi connectivity index (χ0v) is 16.1. The second kappa shape index (κ2) is 7.17. The van der Waals surface area contributed by atoms with Crippen LogP contribution in [0.2, 0.25) is 0 Å². The molecule has 2 fully saturated rings. The molecule has 2 N–H and O–H groups in total. The van der Waals surface area contributed by atoms with Crippen LogP contribution in [0.3, 0.4) is 0 Å². The van der Waals surface area contributed by atoms with E-state index in [0.717, 1.165) is 32.4 Å². The molecule has 2 aliphatic heterocycles. The van der Waals surface area contributed by atoms with Crippen molar-refractivity contribution in [3.8, 4) is 0 Å². The van der Waals surface area contributed by atoms with Gasteiger partial charge < -0.3 is 10.3 Å². The summed E-state index contributed by atoms with van der Waals surface area (Å²) in [5, 5.41) is 14.4. The molecular weight excluding hydrogens is 384 g/mol. The van der Waals surface area contributed by atoms with E-state index in [4.69, 9.17) is 0 Å². The van der Waals surface area contributed by atoms with Gasteiger partial charge in [0.1, 0.15) is 0 Å². The maximum Gasteiger partial charge on any atom is 0.270 e. The average Bonchev–Trinajstić information content (AvgIpc) is 3.22. The molecular formula is C18H22N4O5S. The minimum atomic E-state index is -3.22. The predicted molar refractivity (Wildman–Crippen MR) is 104 cm³/mol. The molecule has 1 amide bonds. The third-order valence-electron chi connectivity index (χ3n) is 5.62. The summed E-state index contributed by atoms with van der Waals surface area (Å²) in [7, 11) is -3.22. The number of rotatable bonds is 4. The van der Waals surface area contributed by atoms with Crippen molar-refractivity contribution in [3.63, 3.8) is 0 Å².